The molecule has 4 heterocycles. The summed E-state index contributed by atoms with van der Waals surface area (Å²) in [6.07, 6.45) is 7.01. The van der Waals surface area contributed by atoms with Crippen LogP contribution in [0, 0.1) is 5.41 Å². The molecule has 2 N–H and O–H groups in total. The van der Waals surface area contributed by atoms with Gasteiger partial charge < -0.3 is 10.7 Å². The van der Waals surface area contributed by atoms with Crippen molar-refractivity contribution in [1.82, 2.24) is 28.7 Å². The Morgan fingerprint density at radius 2 is 1.97 bits per heavy atom. The van der Waals surface area contributed by atoms with Crippen LogP contribution in [0.1, 0.15) is 25.1 Å². The Hall–Kier alpha value is -3.83. The molecule has 0 aliphatic carbocycles. The van der Waals surface area contributed by atoms with Crippen LogP contribution < -0.4 is 11.0 Å². The summed E-state index contributed by atoms with van der Waals surface area (Å²) in [6, 6.07) is 9.46. The Balaban J connectivity index is 1.63. The van der Waals surface area contributed by atoms with Crippen LogP contribution in [0.5, 0.6) is 0 Å². The van der Waals surface area contributed by atoms with Gasteiger partial charge in [-0.2, -0.15) is 4.31 Å². The summed E-state index contributed by atoms with van der Waals surface area (Å²) in [5.74, 6) is 0.0409. The third kappa shape index (κ3) is 4.23. The van der Waals surface area contributed by atoms with Crippen molar-refractivity contribution in [3.05, 3.63) is 65.1 Å². The van der Waals surface area contributed by atoms with Crippen molar-refractivity contribution < 1.29 is 8.42 Å². The number of hydrogen-bond donors (Lipinski definition) is 2. The van der Waals surface area contributed by atoms with Gasteiger partial charge >= 0.3 is 5.69 Å². The van der Waals surface area contributed by atoms with Gasteiger partial charge in [0.05, 0.1) is 40.2 Å². The van der Waals surface area contributed by atoms with Crippen LogP contribution in [-0.2, 0) is 17.1 Å². The molecule has 0 amide bonds. The SMILES string of the molecule is CCS(=O)(=O)N1CCC(n2c(=O)n(C)c3cnc4ccc(-c5ccc(/C(C=N)=C/NC)nc5)cc4c32)C1. The van der Waals surface area contributed by atoms with Crippen LogP contribution >= 0.6 is 0 Å². The fourth-order valence-electron chi connectivity index (χ4n) is 4.98. The molecule has 1 fully saturated rings. The standard InChI is InChI=1S/C26H29N7O3S/c1-4-37(35,36)32-10-9-20(16-32)33-25-21-11-17(5-8-23(21)30-15-24(25)31(3)26(33)34)18-6-7-22(29-14-18)19(12-27)13-28-2/h5-8,11-15,20,27-28H,4,9-10,16H2,1-3H3/b19-13+,27-12?. The molecule has 5 rings (SSSR count). The third-order valence-electron chi connectivity index (χ3n) is 7.01. The van der Waals surface area contributed by atoms with Gasteiger partial charge in [0.1, 0.15) is 0 Å². The second-order valence-corrected chi connectivity index (χ2v) is 11.4. The first kappa shape index (κ1) is 24.8. The molecule has 1 atom stereocenters. The Labute approximate surface area is 214 Å². The summed E-state index contributed by atoms with van der Waals surface area (Å²) in [4.78, 5) is 22.5. The number of aryl methyl sites for hydroxylation is 1. The van der Waals surface area contributed by atoms with Gasteiger partial charge in [-0.15, -0.1) is 0 Å². The minimum absolute atomic E-state index is 0.0409. The molecule has 1 aliphatic rings. The molecule has 1 saturated heterocycles. The van der Waals surface area contributed by atoms with Crippen LogP contribution in [0.3, 0.4) is 0 Å². The number of imidazole rings is 1. The highest BCUT2D eigenvalue weighted by Crippen LogP contribution is 2.32. The molecule has 1 aromatic carbocycles. The van der Waals surface area contributed by atoms with Gasteiger partial charge in [0.2, 0.25) is 10.0 Å². The molecule has 192 valence electrons. The number of allylic oxidation sites excluding steroid dienone is 1. The van der Waals surface area contributed by atoms with Crippen molar-refractivity contribution in [3.8, 4) is 11.1 Å². The maximum Gasteiger partial charge on any atom is 0.329 e. The number of hydrogen-bond acceptors (Lipinski definition) is 7. The summed E-state index contributed by atoms with van der Waals surface area (Å²) in [5, 5.41) is 11.4. The first-order valence-corrected chi connectivity index (χ1v) is 13.7. The lowest BCUT2D eigenvalue weighted by molar-refractivity contribution is 0.451. The summed E-state index contributed by atoms with van der Waals surface area (Å²) in [6.45, 7) is 2.31. The zero-order chi connectivity index (χ0) is 26.3. The zero-order valence-electron chi connectivity index (χ0n) is 21.0. The minimum Gasteiger partial charge on any atom is -0.393 e. The molecule has 11 heteroatoms. The van der Waals surface area contributed by atoms with Crippen molar-refractivity contribution in [3.63, 3.8) is 0 Å². The van der Waals surface area contributed by atoms with Gasteiger partial charge in [-0.25, -0.2) is 13.2 Å². The number of benzene rings is 1. The average Bonchev–Trinajstić information content (AvgIpc) is 3.51. The molecular formula is C26H29N7O3S. The smallest absolute Gasteiger partial charge is 0.329 e. The molecular weight excluding hydrogens is 490 g/mol. The van der Waals surface area contributed by atoms with Crippen LogP contribution in [0.15, 0.2) is 53.7 Å². The van der Waals surface area contributed by atoms with Gasteiger partial charge in [0.15, 0.2) is 0 Å². The van der Waals surface area contributed by atoms with E-state index in [1.807, 2.05) is 30.3 Å². The lowest BCUT2D eigenvalue weighted by atomic mass is 10.0. The number of rotatable bonds is 7. The van der Waals surface area contributed by atoms with E-state index in [0.717, 1.165) is 27.5 Å². The first-order chi connectivity index (χ1) is 17.8. The normalized spacial score (nSPS) is 17.1. The number of sulfonamides is 1. The van der Waals surface area contributed by atoms with Crippen molar-refractivity contribution in [2.75, 3.05) is 25.9 Å². The molecule has 37 heavy (non-hydrogen) atoms. The van der Waals surface area contributed by atoms with Crippen molar-refractivity contribution in [2.45, 2.75) is 19.4 Å². The highest BCUT2D eigenvalue weighted by molar-refractivity contribution is 7.89. The van der Waals surface area contributed by atoms with Gasteiger partial charge in [-0.3, -0.25) is 19.1 Å². The molecule has 4 aromatic rings. The van der Waals surface area contributed by atoms with Gasteiger partial charge in [-0.1, -0.05) is 12.1 Å². The first-order valence-electron chi connectivity index (χ1n) is 12.1. The predicted molar refractivity (Wildman–Crippen MR) is 146 cm³/mol. The van der Waals surface area contributed by atoms with E-state index < -0.39 is 10.0 Å². The van der Waals surface area contributed by atoms with Crippen LogP contribution in [0.2, 0.25) is 0 Å². The quantitative estimate of drug-likeness (QED) is 0.362. The van der Waals surface area contributed by atoms with E-state index in [0.29, 0.717) is 29.7 Å². The van der Waals surface area contributed by atoms with E-state index in [2.05, 4.69) is 15.3 Å². The summed E-state index contributed by atoms with van der Waals surface area (Å²) < 4.78 is 29.7. The highest BCUT2D eigenvalue weighted by atomic mass is 32.2. The van der Waals surface area contributed by atoms with Gasteiger partial charge in [-0.05, 0) is 37.1 Å². The maximum absolute atomic E-state index is 13.4. The average molecular weight is 520 g/mol. The Bertz CT molecular complexity index is 1700. The predicted octanol–water partition coefficient (Wildman–Crippen LogP) is 2.76. The van der Waals surface area contributed by atoms with Gasteiger partial charge in [0, 0.05) is 62.3 Å². The fourth-order valence-corrected chi connectivity index (χ4v) is 6.13. The molecule has 0 saturated carbocycles. The number of pyridine rings is 2. The summed E-state index contributed by atoms with van der Waals surface area (Å²) in [5.41, 5.74) is 5.18. The van der Waals surface area contributed by atoms with E-state index >= 15 is 0 Å². The lowest BCUT2D eigenvalue weighted by Crippen LogP contribution is -2.32. The Morgan fingerprint density at radius 1 is 1.19 bits per heavy atom. The Kier molecular flexibility index (Phi) is 6.42. The van der Waals surface area contributed by atoms with E-state index in [1.54, 1.807) is 48.7 Å². The second-order valence-electron chi connectivity index (χ2n) is 9.10. The third-order valence-corrected chi connectivity index (χ3v) is 8.86. The monoisotopic (exact) mass is 519 g/mol. The van der Waals surface area contributed by atoms with Crippen LogP contribution in [0.25, 0.3) is 38.6 Å². The molecule has 3 aromatic heterocycles. The zero-order valence-corrected chi connectivity index (χ0v) is 21.8. The summed E-state index contributed by atoms with van der Waals surface area (Å²) >= 11 is 0. The van der Waals surface area contributed by atoms with E-state index in [1.165, 1.54) is 10.5 Å². The number of nitrogens with one attached hydrogen (secondary N) is 2. The van der Waals surface area contributed by atoms with Gasteiger partial charge in [0.25, 0.3) is 0 Å². The van der Waals surface area contributed by atoms with Crippen molar-refractivity contribution in [1.29, 1.82) is 5.41 Å². The van der Waals surface area contributed by atoms with Crippen molar-refractivity contribution >= 4 is 43.7 Å². The lowest BCUT2D eigenvalue weighted by Gasteiger charge is -2.16. The second kappa shape index (κ2) is 9.56. The molecule has 0 bridgehead atoms. The van der Waals surface area contributed by atoms with E-state index in [9.17, 15) is 13.2 Å². The number of nitrogens with zero attached hydrogens (tertiary/aromatic N) is 5. The number of aromatic nitrogens is 4. The molecule has 0 radical (unpaired) electrons. The molecule has 0 spiro atoms. The van der Waals surface area contributed by atoms with Crippen LogP contribution in [-0.4, -0.2) is 63.9 Å². The van der Waals surface area contributed by atoms with E-state index in [-0.39, 0.29) is 24.0 Å². The molecule has 1 aliphatic heterocycles. The van der Waals surface area contributed by atoms with E-state index in [4.69, 9.17) is 5.41 Å². The fraction of sp³-hybridized carbons (Fsp3) is 0.308. The topological polar surface area (TPSA) is 126 Å². The highest BCUT2D eigenvalue weighted by Gasteiger charge is 2.33. The molecule has 1 unspecified atom stereocenters. The largest absolute Gasteiger partial charge is 0.393 e. The minimum atomic E-state index is -3.33. The molecule has 10 nitrogen and oxygen atoms in total. The summed E-state index contributed by atoms with van der Waals surface area (Å²) in [7, 11) is 0.164. The number of fused-ring (bicyclic) bond motifs is 3. The Morgan fingerprint density at radius 3 is 2.65 bits per heavy atom. The van der Waals surface area contributed by atoms with Crippen molar-refractivity contribution in [2.24, 2.45) is 7.05 Å². The van der Waals surface area contributed by atoms with Crippen LogP contribution in [0.4, 0.5) is 0 Å². The maximum atomic E-state index is 13.4.